The largest absolute Gasteiger partial charge is 0.370 e. The zero-order valence-corrected chi connectivity index (χ0v) is 17.7. The summed E-state index contributed by atoms with van der Waals surface area (Å²) in [5.74, 6) is 0.744. The van der Waals surface area contributed by atoms with Crippen LogP contribution in [0.3, 0.4) is 0 Å². The Morgan fingerprint density at radius 1 is 1.21 bits per heavy atom. The number of thiophene rings is 1. The normalized spacial score (nSPS) is 15.7. The minimum atomic E-state index is -0.205. The van der Waals surface area contributed by atoms with Crippen molar-refractivity contribution in [1.82, 2.24) is 14.5 Å². The fourth-order valence-electron chi connectivity index (χ4n) is 3.99. The van der Waals surface area contributed by atoms with Gasteiger partial charge in [0.2, 0.25) is 0 Å². The number of rotatable bonds is 3. The van der Waals surface area contributed by atoms with E-state index in [0.717, 1.165) is 45.7 Å². The molecule has 29 heavy (non-hydrogen) atoms. The SMILES string of the molecule is Cc1nc2c(sc3nc4c(cc32)COC(C)(C)C4)c(=O)n1CCc1ccccc1. The third-order valence-corrected chi connectivity index (χ3v) is 6.68. The van der Waals surface area contributed by atoms with Gasteiger partial charge in [-0.3, -0.25) is 9.36 Å². The lowest BCUT2D eigenvalue weighted by atomic mass is 9.95. The van der Waals surface area contributed by atoms with E-state index in [1.165, 1.54) is 16.9 Å². The van der Waals surface area contributed by atoms with Gasteiger partial charge in [-0.25, -0.2) is 9.97 Å². The number of pyridine rings is 1. The fourth-order valence-corrected chi connectivity index (χ4v) is 5.06. The minimum Gasteiger partial charge on any atom is -0.370 e. The molecule has 3 aromatic heterocycles. The van der Waals surface area contributed by atoms with Crippen molar-refractivity contribution >= 4 is 31.8 Å². The summed E-state index contributed by atoms with van der Waals surface area (Å²) in [5.41, 5.74) is 3.98. The van der Waals surface area contributed by atoms with Crippen molar-refractivity contribution in [3.8, 4) is 0 Å². The predicted octanol–water partition coefficient (Wildman–Crippen LogP) is 4.41. The first kappa shape index (κ1) is 18.5. The summed E-state index contributed by atoms with van der Waals surface area (Å²) in [7, 11) is 0. The summed E-state index contributed by atoms with van der Waals surface area (Å²) in [6.07, 6.45) is 1.58. The van der Waals surface area contributed by atoms with Gasteiger partial charge in [-0.05, 0) is 38.8 Å². The number of fused-ring (bicyclic) bond motifs is 4. The summed E-state index contributed by atoms with van der Waals surface area (Å²) < 4.78 is 8.42. The summed E-state index contributed by atoms with van der Waals surface area (Å²) in [5, 5.41) is 0.961. The second-order valence-electron chi connectivity index (χ2n) is 8.30. The van der Waals surface area contributed by atoms with Gasteiger partial charge in [0.05, 0.1) is 23.4 Å². The van der Waals surface area contributed by atoms with Crippen LogP contribution in [0.2, 0.25) is 0 Å². The van der Waals surface area contributed by atoms with Crippen molar-refractivity contribution in [2.24, 2.45) is 0 Å². The average Bonchev–Trinajstić information content (AvgIpc) is 3.04. The van der Waals surface area contributed by atoms with Crippen LogP contribution in [-0.2, 0) is 30.7 Å². The van der Waals surface area contributed by atoms with Crippen molar-refractivity contribution in [1.29, 1.82) is 0 Å². The number of hydrogen-bond acceptors (Lipinski definition) is 5. The highest BCUT2D eigenvalue weighted by atomic mass is 32.1. The molecule has 0 aliphatic carbocycles. The van der Waals surface area contributed by atoms with E-state index in [0.29, 0.717) is 17.9 Å². The Hall–Kier alpha value is -2.57. The molecule has 0 N–H and O–H groups in total. The van der Waals surface area contributed by atoms with E-state index in [1.54, 1.807) is 4.57 Å². The zero-order valence-electron chi connectivity index (χ0n) is 16.9. The molecule has 4 aromatic rings. The lowest BCUT2D eigenvalue weighted by molar-refractivity contribution is -0.0411. The summed E-state index contributed by atoms with van der Waals surface area (Å²) in [6, 6.07) is 12.3. The molecule has 1 aliphatic rings. The molecule has 0 atom stereocenters. The first-order valence-electron chi connectivity index (χ1n) is 9.92. The maximum atomic E-state index is 13.2. The quantitative estimate of drug-likeness (QED) is 0.507. The molecule has 0 bridgehead atoms. The molecule has 0 fully saturated rings. The Morgan fingerprint density at radius 2 is 2.00 bits per heavy atom. The van der Waals surface area contributed by atoms with Gasteiger partial charge in [0, 0.05) is 23.9 Å². The van der Waals surface area contributed by atoms with E-state index in [2.05, 4.69) is 32.0 Å². The summed E-state index contributed by atoms with van der Waals surface area (Å²) in [4.78, 5) is 23.8. The van der Waals surface area contributed by atoms with Crippen molar-refractivity contribution in [3.05, 3.63) is 69.4 Å². The maximum absolute atomic E-state index is 13.2. The van der Waals surface area contributed by atoms with Crippen molar-refractivity contribution in [2.75, 3.05) is 0 Å². The number of benzene rings is 1. The van der Waals surface area contributed by atoms with Gasteiger partial charge in [-0.1, -0.05) is 30.3 Å². The van der Waals surface area contributed by atoms with Gasteiger partial charge in [-0.15, -0.1) is 11.3 Å². The highest BCUT2D eigenvalue weighted by Gasteiger charge is 2.28. The Morgan fingerprint density at radius 3 is 2.79 bits per heavy atom. The molecule has 4 heterocycles. The number of aryl methyl sites for hydroxylation is 2. The third-order valence-electron chi connectivity index (χ3n) is 5.61. The number of hydrogen-bond donors (Lipinski definition) is 0. The summed E-state index contributed by atoms with van der Waals surface area (Å²) in [6.45, 7) is 7.26. The Bertz CT molecular complexity index is 1290. The van der Waals surface area contributed by atoms with Crippen molar-refractivity contribution < 1.29 is 4.74 Å². The van der Waals surface area contributed by atoms with Gasteiger partial charge in [0.25, 0.3) is 5.56 Å². The smallest absolute Gasteiger partial charge is 0.271 e. The van der Waals surface area contributed by atoms with E-state index in [-0.39, 0.29) is 11.2 Å². The van der Waals surface area contributed by atoms with Crippen LogP contribution >= 0.6 is 11.3 Å². The lowest BCUT2D eigenvalue weighted by Crippen LogP contribution is -2.32. The van der Waals surface area contributed by atoms with Gasteiger partial charge < -0.3 is 4.74 Å². The predicted molar refractivity (Wildman–Crippen MR) is 117 cm³/mol. The zero-order chi connectivity index (χ0) is 20.2. The first-order chi connectivity index (χ1) is 13.9. The molecule has 0 amide bonds. The Kier molecular flexibility index (Phi) is 4.29. The van der Waals surface area contributed by atoms with E-state index in [1.807, 2.05) is 25.1 Å². The maximum Gasteiger partial charge on any atom is 0.271 e. The molecule has 0 saturated carbocycles. The molecule has 6 heteroatoms. The average molecular weight is 406 g/mol. The standard InChI is InChI=1S/C23H23N3O2S/c1-14-24-19-17-11-16-13-28-23(2,3)12-18(16)25-21(17)29-20(19)22(27)26(14)10-9-15-7-5-4-6-8-15/h4-8,11H,9-10,12-13H2,1-3H3. The van der Waals surface area contributed by atoms with Crippen LogP contribution in [0.4, 0.5) is 0 Å². The second kappa shape index (κ2) is 6.75. The van der Waals surface area contributed by atoms with Crippen LogP contribution in [-0.4, -0.2) is 20.1 Å². The highest BCUT2D eigenvalue weighted by Crippen LogP contribution is 2.34. The van der Waals surface area contributed by atoms with Crippen LogP contribution in [0, 0.1) is 6.92 Å². The minimum absolute atomic E-state index is 0.0287. The van der Waals surface area contributed by atoms with E-state index in [4.69, 9.17) is 14.7 Å². The highest BCUT2D eigenvalue weighted by molar-refractivity contribution is 7.25. The molecule has 1 aromatic carbocycles. The molecule has 5 rings (SSSR count). The molecular formula is C23H23N3O2S. The molecule has 148 valence electrons. The van der Waals surface area contributed by atoms with Crippen molar-refractivity contribution in [2.45, 2.75) is 52.4 Å². The molecule has 0 spiro atoms. The molecular weight excluding hydrogens is 382 g/mol. The Labute approximate surface area is 173 Å². The van der Waals surface area contributed by atoms with Gasteiger partial charge in [0.15, 0.2) is 0 Å². The second-order valence-corrected chi connectivity index (χ2v) is 9.30. The van der Waals surface area contributed by atoms with E-state index < -0.39 is 0 Å². The monoisotopic (exact) mass is 405 g/mol. The first-order valence-corrected chi connectivity index (χ1v) is 10.7. The topological polar surface area (TPSA) is 57.0 Å². The Balaban J connectivity index is 1.60. The summed E-state index contributed by atoms with van der Waals surface area (Å²) >= 11 is 1.46. The number of nitrogens with zero attached hydrogens (tertiary/aromatic N) is 3. The van der Waals surface area contributed by atoms with Gasteiger partial charge in [-0.2, -0.15) is 0 Å². The lowest BCUT2D eigenvalue weighted by Gasteiger charge is -2.30. The number of ether oxygens (including phenoxy) is 1. The van der Waals surface area contributed by atoms with E-state index in [9.17, 15) is 4.79 Å². The molecule has 0 radical (unpaired) electrons. The van der Waals surface area contributed by atoms with Crippen LogP contribution in [0.25, 0.3) is 20.4 Å². The van der Waals surface area contributed by atoms with Crippen LogP contribution in [0.1, 0.15) is 36.5 Å². The molecule has 0 unspecified atom stereocenters. The van der Waals surface area contributed by atoms with E-state index >= 15 is 0 Å². The third kappa shape index (κ3) is 3.26. The van der Waals surface area contributed by atoms with Gasteiger partial charge >= 0.3 is 0 Å². The fraction of sp³-hybridized carbons (Fsp3) is 0.348. The molecule has 1 aliphatic heterocycles. The van der Waals surface area contributed by atoms with Crippen LogP contribution in [0.5, 0.6) is 0 Å². The number of aromatic nitrogens is 3. The molecule has 0 saturated heterocycles. The molecule has 5 nitrogen and oxygen atoms in total. The van der Waals surface area contributed by atoms with Crippen LogP contribution in [0.15, 0.2) is 41.2 Å². The van der Waals surface area contributed by atoms with Crippen LogP contribution < -0.4 is 5.56 Å². The van der Waals surface area contributed by atoms with Gasteiger partial charge in [0.1, 0.15) is 15.4 Å². The van der Waals surface area contributed by atoms with Crippen molar-refractivity contribution in [3.63, 3.8) is 0 Å².